The van der Waals surface area contributed by atoms with Crippen molar-refractivity contribution >= 4 is 15.8 Å². The van der Waals surface area contributed by atoms with Gasteiger partial charge in [0.15, 0.2) is 0 Å². The molecule has 2 aromatic rings. The summed E-state index contributed by atoms with van der Waals surface area (Å²) in [5.41, 5.74) is 3.38. The second kappa shape index (κ2) is 7.58. The lowest BCUT2D eigenvalue weighted by molar-refractivity contribution is -0.920. The number of carbonyl (C=O) groups is 1. The second-order valence-electron chi connectivity index (χ2n) is 7.56. The van der Waals surface area contributed by atoms with Gasteiger partial charge in [0.2, 0.25) is 15.8 Å². The van der Waals surface area contributed by atoms with Crippen molar-refractivity contribution in [3.05, 3.63) is 47.3 Å². The predicted molar refractivity (Wildman–Crippen MR) is 105 cm³/mol. The van der Waals surface area contributed by atoms with Gasteiger partial charge in [0, 0.05) is 22.6 Å². The number of primary sulfonamides is 1. The molecule has 0 aliphatic carbocycles. The monoisotopic (exact) mass is 390 g/mol. The Morgan fingerprint density at radius 3 is 2.48 bits per heavy atom. The Kier molecular flexibility index (Phi) is 5.55. The standard InChI is InChI=1S/C20H27N3O3S/c1-14-6-4-5-11-22(14)13-20(24)19-12-15(2)23(16(19)3)17-7-9-18(10-8-17)27(21,25)26/h7-10,12,14H,4-6,11,13H2,1-3H3,(H2,21,25,26)/p+1/t14-/m0/s1. The molecule has 3 rings (SSSR count). The van der Waals surface area contributed by atoms with E-state index in [1.807, 2.05) is 24.5 Å². The molecule has 2 atom stereocenters. The first-order valence-corrected chi connectivity index (χ1v) is 10.9. The summed E-state index contributed by atoms with van der Waals surface area (Å²) in [6.45, 7) is 7.69. The highest BCUT2D eigenvalue weighted by Crippen LogP contribution is 2.22. The van der Waals surface area contributed by atoms with Crippen molar-refractivity contribution in [3.63, 3.8) is 0 Å². The van der Waals surface area contributed by atoms with E-state index >= 15 is 0 Å². The van der Waals surface area contributed by atoms with Gasteiger partial charge in [0.05, 0.1) is 17.5 Å². The molecule has 1 aliphatic rings. The van der Waals surface area contributed by atoms with E-state index in [1.54, 1.807) is 12.1 Å². The molecule has 1 aromatic carbocycles. The number of nitrogens with one attached hydrogen (secondary N) is 1. The van der Waals surface area contributed by atoms with Crippen molar-refractivity contribution in [2.24, 2.45) is 5.14 Å². The van der Waals surface area contributed by atoms with Gasteiger partial charge in [0.25, 0.3) is 0 Å². The van der Waals surface area contributed by atoms with Crippen LogP contribution in [0.3, 0.4) is 0 Å². The summed E-state index contributed by atoms with van der Waals surface area (Å²) in [4.78, 5) is 14.4. The molecular weight excluding hydrogens is 362 g/mol. The summed E-state index contributed by atoms with van der Waals surface area (Å²) in [5.74, 6) is 0.166. The quantitative estimate of drug-likeness (QED) is 0.756. The minimum Gasteiger partial charge on any atom is -0.326 e. The fourth-order valence-corrected chi connectivity index (χ4v) is 4.56. The normalized spacial score (nSPS) is 20.6. The molecule has 3 N–H and O–H groups in total. The van der Waals surface area contributed by atoms with E-state index in [1.165, 1.54) is 36.3 Å². The van der Waals surface area contributed by atoms with E-state index in [4.69, 9.17) is 5.14 Å². The average Bonchev–Trinajstić information content (AvgIpc) is 2.91. The van der Waals surface area contributed by atoms with Gasteiger partial charge < -0.3 is 9.47 Å². The van der Waals surface area contributed by atoms with Crippen LogP contribution in [-0.4, -0.2) is 37.9 Å². The first kappa shape index (κ1) is 19.8. The van der Waals surface area contributed by atoms with Crippen LogP contribution in [0.5, 0.6) is 0 Å². The molecule has 6 nitrogen and oxygen atoms in total. The highest BCUT2D eigenvalue weighted by Gasteiger charge is 2.26. The zero-order valence-corrected chi connectivity index (χ0v) is 17.0. The summed E-state index contributed by atoms with van der Waals surface area (Å²) in [7, 11) is -3.72. The summed E-state index contributed by atoms with van der Waals surface area (Å²) in [6.07, 6.45) is 3.61. The van der Waals surface area contributed by atoms with Crippen molar-refractivity contribution in [1.29, 1.82) is 0 Å². The number of aryl methyl sites for hydroxylation is 1. The van der Waals surface area contributed by atoms with E-state index in [-0.39, 0.29) is 10.7 Å². The van der Waals surface area contributed by atoms with E-state index in [2.05, 4.69) is 6.92 Å². The summed E-state index contributed by atoms with van der Waals surface area (Å²) < 4.78 is 24.9. The van der Waals surface area contributed by atoms with Gasteiger partial charge in [-0.05, 0) is 70.4 Å². The van der Waals surface area contributed by atoms with Gasteiger partial charge in [0.1, 0.15) is 6.54 Å². The Hall–Kier alpha value is -1.96. The maximum Gasteiger partial charge on any atom is 0.238 e. The smallest absolute Gasteiger partial charge is 0.238 e. The molecule has 1 fully saturated rings. The third kappa shape index (κ3) is 4.15. The SMILES string of the molecule is Cc1cc(C(=O)C[NH+]2CCCC[C@@H]2C)c(C)n1-c1ccc(S(N)(=O)=O)cc1. The number of nitrogens with two attached hydrogens (primary N) is 1. The molecule has 146 valence electrons. The minimum absolute atomic E-state index is 0.0766. The van der Waals surface area contributed by atoms with Crippen LogP contribution < -0.4 is 10.0 Å². The van der Waals surface area contributed by atoms with Gasteiger partial charge in [-0.2, -0.15) is 0 Å². The minimum atomic E-state index is -3.72. The predicted octanol–water partition coefficient (Wildman–Crippen LogP) is 1.38. The number of ketones is 1. The van der Waals surface area contributed by atoms with Crippen molar-refractivity contribution in [3.8, 4) is 5.69 Å². The number of carbonyl (C=O) groups excluding carboxylic acids is 1. The highest BCUT2D eigenvalue weighted by molar-refractivity contribution is 7.89. The largest absolute Gasteiger partial charge is 0.326 e. The lowest BCUT2D eigenvalue weighted by Crippen LogP contribution is -3.16. The maximum atomic E-state index is 12.9. The topological polar surface area (TPSA) is 86.6 Å². The summed E-state index contributed by atoms with van der Waals surface area (Å²) >= 11 is 0. The van der Waals surface area contributed by atoms with Crippen LogP contribution >= 0.6 is 0 Å². The number of likely N-dealkylation sites (tertiary alicyclic amines) is 1. The molecule has 2 heterocycles. The molecule has 0 spiro atoms. The van der Waals surface area contributed by atoms with Gasteiger partial charge >= 0.3 is 0 Å². The van der Waals surface area contributed by atoms with E-state index in [0.717, 1.165) is 29.2 Å². The Labute approximate surface area is 161 Å². The molecule has 1 unspecified atom stereocenters. The lowest BCUT2D eigenvalue weighted by atomic mass is 10.0. The van der Waals surface area contributed by atoms with Crippen LogP contribution in [0, 0.1) is 13.8 Å². The molecule has 0 amide bonds. The fourth-order valence-electron chi connectivity index (χ4n) is 4.04. The molecule has 1 aromatic heterocycles. The number of aromatic nitrogens is 1. The van der Waals surface area contributed by atoms with Crippen LogP contribution in [0.4, 0.5) is 0 Å². The van der Waals surface area contributed by atoms with Crippen molar-refractivity contribution in [2.45, 2.75) is 51.0 Å². The maximum absolute atomic E-state index is 12.9. The second-order valence-corrected chi connectivity index (χ2v) is 9.13. The molecule has 27 heavy (non-hydrogen) atoms. The molecular formula is C20H28N3O3S+. The third-order valence-electron chi connectivity index (χ3n) is 5.62. The van der Waals surface area contributed by atoms with E-state index in [0.29, 0.717) is 12.6 Å². The Morgan fingerprint density at radius 1 is 1.22 bits per heavy atom. The van der Waals surface area contributed by atoms with Crippen LogP contribution in [0.2, 0.25) is 0 Å². The van der Waals surface area contributed by atoms with Crippen LogP contribution in [-0.2, 0) is 10.0 Å². The zero-order chi connectivity index (χ0) is 19.8. The Balaban J connectivity index is 1.87. The number of hydrogen-bond donors (Lipinski definition) is 2. The van der Waals surface area contributed by atoms with Crippen LogP contribution in [0.1, 0.15) is 47.9 Å². The van der Waals surface area contributed by atoms with Crippen LogP contribution in [0.15, 0.2) is 35.2 Å². The van der Waals surface area contributed by atoms with Crippen molar-refractivity contribution in [1.82, 2.24) is 4.57 Å². The zero-order valence-electron chi connectivity index (χ0n) is 16.2. The fraction of sp³-hybridized carbons (Fsp3) is 0.450. The molecule has 1 aliphatic heterocycles. The number of quaternary nitrogens is 1. The molecule has 0 bridgehead atoms. The number of nitrogens with zero attached hydrogens (tertiary/aromatic N) is 1. The van der Waals surface area contributed by atoms with Crippen molar-refractivity contribution < 1.29 is 18.1 Å². The number of benzene rings is 1. The third-order valence-corrected chi connectivity index (χ3v) is 6.55. The van der Waals surface area contributed by atoms with E-state index < -0.39 is 10.0 Å². The Bertz CT molecular complexity index is 946. The first-order valence-electron chi connectivity index (χ1n) is 9.38. The van der Waals surface area contributed by atoms with Crippen molar-refractivity contribution in [2.75, 3.05) is 13.1 Å². The first-order chi connectivity index (χ1) is 12.7. The highest BCUT2D eigenvalue weighted by atomic mass is 32.2. The molecule has 7 heteroatoms. The summed E-state index contributed by atoms with van der Waals surface area (Å²) in [6, 6.07) is 8.86. The van der Waals surface area contributed by atoms with Gasteiger partial charge in [-0.25, -0.2) is 13.6 Å². The lowest BCUT2D eigenvalue weighted by Gasteiger charge is -2.29. The number of piperidine rings is 1. The molecule has 0 radical (unpaired) electrons. The van der Waals surface area contributed by atoms with Gasteiger partial charge in [-0.1, -0.05) is 0 Å². The number of sulfonamides is 1. The number of hydrogen-bond acceptors (Lipinski definition) is 3. The van der Waals surface area contributed by atoms with Gasteiger partial charge in [-0.3, -0.25) is 4.79 Å². The number of rotatable bonds is 5. The van der Waals surface area contributed by atoms with Crippen LogP contribution in [0.25, 0.3) is 5.69 Å². The molecule has 1 saturated heterocycles. The molecule has 0 saturated carbocycles. The summed E-state index contributed by atoms with van der Waals surface area (Å²) in [5, 5.41) is 5.17. The number of Topliss-reactive ketones (excluding diaryl/α,β-unsaturated/α-hetero) is 1. The average molecular weight is 391 g/mol. The van der Waals surface area contributed by atoms with E-state index in [9.17, 15) is 13.2 Å². The van der Waals surface area contributed by atoms with Gasteiger partial charge in [-0.15, -0.1) is 0 Å². The Morgan fingerprint density at radius 2 is 1.89 bits per heavy atom.